The largest absolute Gasteiger partial charge is 0.433 e. The van der Waals surface area contributed by atoms with Crippen LogP contribution in [0.2, 0.25) is 0 Å². The number of carbonyl (C=O) groups is 2. The highest BCUT2D eigenvalue weighted by molar-refractivity contribution is 6.08. The van der Waals surface area contributed by atoms with Gasteiger partial charge in [0.1, 0.15) is 4.92 Å². The molecule has 1 aromatic heterocycles. The van der Waals surface area contributed by atoms with Gasteiger partial charge in [-0.15, -0.1) is 0 Å². The number of nitrogens with zero attached hydrogens (tertiary/aromatic N) is 2. The number of benzene rings is 2. The highest BCUT2D eigenvalue weighted by Gasteiger charge is 2.12. The summed E-state index contributed by atoms with van der Waals surface area (Å²) < 4.78 is 5.02. The summed E-state index contributed by atoms with van der Waals surface area (Å²) >= 11 is 0. The molecule has 2 N–H and O–H groups in total. The summed E-state index contributed by atoms with van der Waals surface area (Å²) in [6, 6.07) is 16.0. The predicted octanol–water partition coefficient (Wildman–Crippen LogP) is 4.15. The van der Waals surface area contributed by atoms with E-state index >= 15 is 0 Å². The average molecular weight is 392 g/mol. The molecule has 0 fully saturated rings. The van der Waals surface area contributed by atoms with Gasteiger partial charge in [-0.2, -0.15) is 0 Å². The first-order chi connectivity index (χ1) is 13.9. The molecule has 2 amide bonds. The van der Waals surface area contributed by atoms with Gasteiger partial charge in [0.15, 0.2) is 5.76 Å². The van der Waals surface area contributed by atoms with E-state index in [1.807, 2.05) is 0 Å². The SMILES string of the molecule is CC(=O)Nc1ccc(NC(=O)c2ccccc2N=Cc2ccc([N+](=O)[O-])o2)cc1. The van der Waals surface area contributed by atoms with E-state index in [1.165, 1.54) is 25.3 Å². The molecule has 0 aliphatic rings. The molecule has 0 bridgehead atoms. The molecule has 3 rings (SSSR count). The minimum absolute atomic E-state index is 0.185. The van der Waals surface area contributed by atoms with Crippen LogP contribution in [-0.4, -0.2) is 23.0 Å². The van der Waals surface area contributed by atoms with Crippen LogP contribution in [0.3, 0.4) is 0 Å². The van der Waals surface area contributed by atoms with Gasteiger partial charge in [-0.3, -0.25) is 24.7 Å². The zero-order chi connectivity index (χ0) is 20.8. The second kappa shape index (κ2) is 8.61. The molecule has 2 aromatic carbocycles. The van der Waals surface area contributed by atoms with Crippen LogP contribution in [0.15, 0.2) is 70.1 Å². The third kappa shape index (κ3) is 5.13. The minimum atomic E-state index is -0.643. The maximum atomic E-state index is 12.6. The fraction of sp³-hybridized carbons (Fsp3) is 0.0500. The van der Waals surface area contributed by atoms with Crippen molar-refractivity contribution in [3.05, 3.63) is 82.1 Å². The highest BCUT2D eigenvalue weighted by atomic mass is 16.6. The molecule has 0 radical (unpaired) electrons. The summed E-state index contributed by atoms with van der Waals surface area (Å²) in [5.41, 5.74) is 1.85. The van der Waals surface area contributed by atoms with E-state index in [-0.39, 0.29) is 23.5 Å². The van der Waals surface area contributed by atoms with Crippen LogP contribution < -0.4 is 10.6 Å². The van der Waals surface area contributed by atoms with E-state index in [0.717, 1.165) is 0 Å². The van der Waals surface area contributed by atoms with Gasteiger partial charge in [0.25, 0.3) is 5.91 Å². The van der Waals surface area contributed by atoms with E-state index in [0.29, 0.717) is 22.6 Å². The van der Waals surface area contributed by atoms with Crippen molar-refractivity contribution in [1.82, 2.24) is 0 Å². The van der Waals surface area contributed by atoms with E-state index < -0.39 is 4.92 Å². The van der Waals surface area contributed by atoms with E-state index in [1.54, 1.807) is 48.5 Å². The molecular weight excluding hydrogens is 376 g/mol. The third-order valence-electron chi connectivity index (χ3n) is 3.74. The number of carbonyl (C=O) groups excluding carboxylic acids is 2. The molecule has 0 saturated carbocycles. The maximum absolute atomic E-state index is 12.6. The van der Waals surface area contributed by atoms with Crippen LogP contribution in [-0.2, 0) is 4.79 Å². The van der Waals surface area contributed by atoms with Gasteiger partial charge in [-0.05, 0) is 42.5 Å². The molecular formula is C20H16N4O5. The molecule has 29 heavy (non-hydrogen) atoms. The molecule has 0 atom stereocenters. The van der Waals surface area contributed by atoms with Crippen molar-refractivity contribution in [1.29, 1.82) is 0 Å². The lowest BCUT2D eigenvalue weighted by Gasteiger charge is -2.08. The summed E-state index contributed by atoms with van der Waals surface area (Å²) in [6.45, 7) is 1.41. The Morgan fingerprint density at radius 2 is 1.66 bits per heavy atom. The van der Waals surface area contributed by atoms with Gasteiger partial charge in [0.05, 0.1) is 23.5 Å². The summed E-state index contributed by atoms with van der Waals surface area (Å²) in [4.78, 5) is 37.9. The summed E-state index contributed by atoms with van der Waals surface area (Å²) in [6.07, 6.45) is 1.31. The van der Waals surface area contributed by atoms with Crippen LogP contribution >= 0.6 is 0 Å². The zero-order valence-electron chi connectivity index (χ0n) is 15.3. The van der Waals surface area contributed by atoms with Gasteiger partial charge in [-0.1, -0.05) is 12.1 Å². The Balaban J connectivity index is 1.75. The maximum Gasteiger partial charge on any atom is 0.433 e. The van der Waals surface area contributed by atoms with Gasteiger partial charge in [0.2, 0.25) is 5.91 Å². The quantitative estimate of drug-likeness (QED) is 0.370. The van der Waals surface area contributed by atoms with E-state index in [9.17, 15) is 19.7 Å². The van der Waals surface area contributed by atoms with Crippen LogP contribution in [0, 0.1) is 10.1 Å². The van der Waals surface area contributed by atoms with Crippen molar-refractivity contribution in [2.45, 2.75) is 6.92 Å². The Hall–Kier alpha value is -4.27. The first kappa shape index (κ1) is 19.5. The lowest BCUT2D eigenvalue weighted by atomic mass is 10.1. The van der Waals surface area contributed by atoms with Gasteiger partial charge < -0.3 is 15.1 Å². The lowest BCUT2D eigenvalue weighted by molar-refractivity contribution is -0.402. The first-order valence-corrected chi connectivity index (χ1v) is 8.49. The van der Waals surface area contributed by atoms with Crippen LogP contribution in [0.25, 0.3) is 0 Å². The normalized spacial score (nSPS) is 10.7. The zero-order valence-corrected chi connectivity index (χ0v) is 15.3. The summed E-state index contributed by atoms with van der Waals surface area (Å²) in [7, 11) is 0. The highest BCUT2D eigenvalue weighted by Crippen LogP contribution is 2.22. The van der Waals surface area contributed by atoms with Crippen molar-refractivity contribution >= 4 is 41.0 Å². The number of nitrogens with one attached hydrogen (secondary N) is 2. The number of hydrogen-bond acceptors (Lipinski definition) is 6. The van der Waals surface area contributed by atoms with Gasteiger partial charge >= 0.3 is 5.88 Å². The van der Waals surface area contributed by atoms with Crippen molar-refractivity contribution in [2.75, 3.05) is 10.6 Å². The minimum Gasteiger partial charge on any atom is -0.400 e. The number of aliphatic imine (C=N–C) groups is 1. The van der Waals surface area contributed by atoms with E-state index in [4.69, 9.17) is 4.42 Å². The fourth-order valence-corrected chi connectivity index (χ4v) is 2.46. The molecule has 1 heterocycles. The number of hydrogen-bond donors (Lipinski definition) is 2. The van der Waals surface area contributed by atoms with Gasteiger partial charge in [-0.25, -0.2) is 0 Å². The molecule has 0 saturated heterocycles. The topological polar surface area (TPSA) is 127 Å². The van der Waals surface area contributed by atoms with Crippen molar-refractivity contribution in [2.24, 2.45) is 4.99 Å². The number of para-hydroxylation sites is 1. The molecule has 3 aromatic rings. The van der Waals surface area contributed by atoms with Crippen molar-refractivity contribution in [3.63, 3.8) is 0 Å². The summed E-state index contributed by atoms with van der Waals surface area (Å²) in [5.74, 6) is -0.758. The van der Waals surface area contributed by atoms with Crippen molar-refractivity contribution in [3.8, 4) is 0 Å². The van der Waals surface area contributed by atoms with Crippen LogP contribution in [0.4, 0.5) is 22.9 Å². The standard InChI is InChI=1S/C20H16N4O5/c1-13(25)22-14-6-8-15(9-7-14)23-20(26)17-4-2-3-5-18(17)21-12-16-10-11-19(29-16)24(27)28/h2-12H,1H3,(H,22,25)(H,23,26). The second-order valence-corrected chi connectivity index (χ2v) is 5.92. The molecule has 0 unspecified atom stereocenters. The van der Waals surface area contributed by atoms with Crippen LogP contribution in [0.1, 0.15) is 23.0 Å². The number of nitro groups is 1. The molecule has 9 nitrogen and oxygen atoms in total. The first-order valence-electron chi connectivity index (χ1n) is 8.49. The smallest absolute Gasteiger partial charge is 0.400 e. The fourth-order valence-electron chi connectivity index (χ4n) is 2.46. The lowest BCUT2D eigenvalue weighted by Crippen LogP contribution is -2.12. The molecule has 0 spiro atoms. The van der Waals surface area contributed by atoms with Gasteiger partial charge in [0, 0.05) is 18.3 Å². The average Bonchev–Trinajstić information content (AvgIpc) is 3.17. The Morgan fingerprint density at radius 1 is 1.00 bits per heavy atom. The van der Waals surface area contributed by atoms with E-state index in [2.05, 4.69) is 15.6 Å². The Kier molecular flexibility index (Phi) is 5.79. The van der Waals surface area contributed by atoms with Crippen LogP contribution in [0.5, 0.6) is 0 Å². The third-order valence-corrected chi connectivity index (χ3v) is 3.74. The molecule has 0 aliphatic heterocycles. The Labute approximate surface area is 165 Å². The van der Waals surface area contributed by atoms with Crippen molar-refractivity contribution < 1.29 is 18.9 Å². The summed E-state index contributed by atoms with van der Waals surface area (Å²) in [5, 5.41) is 16.1. The second-order valence-electron chi connectivity index (χ2n) is 5.92. The predicted molar refractivity (Wildman–Crippen MR) is 108 cm³/mol. The monoisotopic (exact) mass is 392 g/mol. The Morgan fingerprint density at radius 3 is 2.28 bits per heavy atom. The number of amides is 2. The molecule has 146 valence electrons. The number of rotatable bonds is 6. The Bertz CT molecular complexity index is 1090. The number of furan rings is 1. The molecule has 9 heteroatoms. The number of anilines is 2. The molecule has 0 aliphatic carbocycles.